The molecule has 14 nitrogen and oxygen atoms in total. The topological polar surface area (TPSA) is 190 Å². The number of hydrogen-bond acceptors (Lipinski definition) is 10. The molecule has 0 unspecified atom stereocenters. The number of amides is 4. The molecule has 3 aliphatic rings. The Bertz CT molecular complexity index is 1830. The molecule has 1 aliphatic heterocycles. The zero-order chi connectivity index (χ0) is 36.8. The number of esters is 1. The molecule has 2 heterocycles. The molecule has 0 bridgehead atoms. The molecule has 4 amide bonds. The van der Waals surface area contributed by atoms with Crippen molar-refractivity contribution in [3.05, 3.63) is 54.7 Å². The van der Waals surface area contributed by atoms with Gasteiger partial charge in [0.2, 0.25) is 21.8 Å². The van der Waals surface area contributed by atoms with E-state index in [2.05, 4.69) is 26.9 Å². The van der Waals surface area contributed by atoms with Gasteiger partial charge in [-0.25, -0.2) is 18.0 Å². The van der Waals surface area contributed by atoms with Gasteiger partial charge in [0.1, 0.15) is 29.3 Å². The first-order valence-electron chi connectivity index (χ1n) is 16.6. The molecular formula is C35H45N5O9S. The second kappa shape index (κ2) is 13.3. The summed E-state index contributed by atoms with van der Waals surface area (Å²) in [4.78, 5) is 73.5. The number of rotatable bonds is 10. The van der Waals surface area contributed by atoms with Crippen LogP contribution in [0.15, 0.2) is 49.2 Å². The van der Waals surface area contributed by atoms with Crippen molar-refractivity contribution in [1.29, 1.82) is 0 Å². The number of likely N-dealkylation sites (tertiary alicyclic amines) is 1. The van der Waals surface area contributed by atoms with Crippen molar-refractivity contribution in [3.63, 3.8) is 0 Å². The molecule has 2 saturated carbocycles. The molecule has 1 aromatic carbocycles. The Hall–Kier alpha value is -4.53. The van der Waals surface area contributed by atoms with Crippen LogP contribution < -0.4 is 15.4 Å². The average Bonchev–Trinajstić information content (AvgIpc) is 3.94. The van der Waals surface area contributed by atoms with Gasteiger partial charge in [-0.2, -0.15) is 0 Å². The molecule has 3 fully saturated rings. The third-order valence-electron chi connectivity index (χ3n) is 8.98. The third kappa shape index (κ3) is 8.09. The van der Waals surface area contributed by atoms with Crippen LogP contribution in [0.3, 0.4) is 0 Å². The maximum Gasteiger partial charge on any atom is 0.408 e. The second-order valence-corrected chi connectivity index (χ2v) is 17.3. The highest BCUT2D eigenvalue weighted by Crippen LogP contribution is 2.45. The Balaban J connectivity index is 1.41. The fourth-order valence-electron chi connectivity index (χ4n) is 6.06. The van der Waals surface area contributed by atoms with Crippen molar-refractivity contribution < 1.29 is 41.9 Å². The van der Waals surface area contributed by atoms with E-state index in [1.807, 2.05) is 0 Å². The highest BCUT2D eigenvalue weighted by molar-refractivity contribution is 7.91. The van der Waals surface area contributed by atoms with Crippen molar-refractivity contribution in [2.24, 2.45) is 11.3 Å². The zero-order valence-electron chi connectivity index (χ0n) is 29.1. The van der Waals surface area contributed by atoms with Gasteiger partial charge < -0.3 is 25.0 Å². The van der Waals surface area contributed by atoms with Gasteiger partial charge in [0.25, 0.3) is 5.91 Å². The zero-order valence-corrected chi connectivity index (χ0v) is 30.0. The summed E-state index contributed by atoms with van der Waals surface area (Å²) in [6.45, 7) is 13.8. The van der Waals surface area contributed by atoms with Crippen LogP contribution in [0.25, 0.3) is 10.9 Å². The number of pyridine rings is 1. The number of nitrogens with one attached hydrogen (secondary N) is 3. The molecule has 50 heavy (non-hydrogen) atoms. The summed E-state index contributed by atoms with van der Waals surface area (Å²) in [6, 6.07) is 6.01. The fourth-order valence-corrected chi connectivity index (χ4v) is 7.42. The number of alkyl carbamates (subject to hydrolysis) is 1. The predicted molar refractivity (Wildman–Crippen MR) is 183 cm³/mol. The van der Waals surface area contributed by atoms with Gasteiger partial charge in [-0.1, -0.05) is 32.9 Å². The van der Waals surface area contributed by atoms with Crippen LogP contribution in [0.1, 0.15) is 77.6 Å². The average molecular weight is 712 g/mol. The fraction of sp³-hybridized carbons (Fsp3) is 0.543. The molecule has 2 aliphatic carbocycles. The molecule has 1 aromatic heterocycles. The Labute approximate surface area is 291 Å². The van der Waals surface area contributed by atoms with Crippen LogP contribution in [0.4, 0.5) is 4.79 Å². The molecule has 1 saturated heterocycles. The van der Waals surface area contributed by atoms with Gasteiger partial charge in [-0.05, 0) is 69.7 Å². The first kappa shape index (κ1) is 36.7. The van der Waals surface area contributed by atoms with Gasteiger partial charge in [0.05, 0.1) is 22.9 Å². The molecule has 15 heteroatoms. The van der Waals surface area contributed by atoms with E-state index >= 15 is 0 Å². The van der Waals surface area contributed by atoms with Crippen molar-refractivity contribution in [2.45, 2.75) is 102 Å². The van der Waals surface area contributed by atoms with E-state index in [1.165, 1.54) is 11.0 Å². The number of carbonyl (C=O) groups is 5. The first-order valence-corrected chi connectivity index (χ1v) is 18.1. The number of fused-ring (bicyclic) bond motifs is 1. The monoisotopic (exact) mass is 711 g/mol. The van der Waals surface area contributed by atoms with Crippen LogP contribution in [-0.4, -0.2) is 89.2 Å². The van der Waals surface area contributed by atoms with Crippen molar-refractivity contribution in [1.82, 2.24) is 25.2 Å². The van der Waals surface area contributed by atoms with E-state index in [4.69, 9.17) is 9.47 Å². The molecule has 5 atom stereocenters. The van der Waals surface area contributed by atoms with Gasteiger partial charge in [-0.3, -0.25) is 24.1 Å². The molecule has 0 spiro atoms. The standard InChI is InChI=1S/C35H45N5O9S/c1-8-22-18-35(22,31(44)39-50(46,47)24-12-13-24)38-28(41)26-17-23(48-30(43)21-11-14-25-20(16-21)10-9-15-36-25)19-40(26)29(42)27(33(2,3)4)37-32(45)49-34(5,6)7/h8-11,14-16,22-24,26-27H,1,12-13,17-19H2,2-7H3,(H,37,45)(H,38,41)(H,39,44)/t22-,23-,26+,27-,35-/m1/s1. The minimum Gasteiger partial charge on any atom is -0.457 e. The van der Waals surface area contributed by atoms with E-state index in [0.29, 0.717) is 18.4 Å². The molecule has 0 radical (unpaired) electrons. The number of carbonyl (C=O) groups excluding carboxylic acids is 5. The maximum absolute atomic E-state index is 14.3. The lowest BCUT2D eigenvalue weighted by molar-refractivity contribution is -0.143. The van der Waals surface area contributed by atoms with Crippen LogP contribution in [0.5, 0.6) is 0 Å². The van der Waals surface area contributed by atoms with Gasteiger partial charge in [-0.15, -0.1) is 6.58 Å². The summed E-state index contributed by atoms with van der Waals surface area (Å²) in [5.74, 6) is -3.50. The van der Waals surface area contributed by atoms with Crippen LogP contribution in [-0.2, 0) is 33.9 Å². The van der Waals surface area contributed by atoms with E-state index < -0.39 is 85.7 Å². The molecule has 2 aromatic rings. The van der Waals surface area contributed by atoms with Crippen LogP contribution >= 0.6 is 0 Å². The summed E-state index contributed by atoms with van der Waals surface area (Å²) in [7, 11) is -3.92. The number of sulfonamides is 1. The minimum absolute atomic E-state index is 0.106. The largest absolute Gasteiger partial charge is 0.457 e. The highest BCUT2D eigenvalue weighted by Gasteiger charge is 2.62. The Morgan fingerprint density at radius 2 is 1.78 bits per heavy atom. The van der Waals surface area contributed by atoms with Crippen LogP contribution in [0.2, 0.25) is 0 Å². The number of benzene rings is 1. The van der Waals surface area contributed by atoms with Crippen molar-refractivity contribution in [2.75, 3.05) is 6.54 Å². The second-order valence-electron chi connectivity index (χ2n) is 15.3. The Kier molecular flexibility index (Phi) is 9.78. The highest BCUT2D eigenvalue weighted by atomic mass is 32.2. The molecule has 5 rings (SSSR count). The Morgan fingerprint density at radius 1 is 1.08 bits per heavy atom. The number of aromatic nitrogens is 1. The summed E-state index contributed by atoms with van der Waals surface area (Å²) >= 11 is 0. The minimum atomic E-state index is -3.92. The first-order chi connectivity index (χ1) is 23.2. The number of ether oxygens (including phenoxy) is 2. The number of hydrogen-bond donors (Lipinski definition) is 3. The van der Waals surface area contributed by atoms with E-state index in [1.54, 1.807) is 78.1 Å². The molecular weight excluding hydrogens is 666 g/mol. The normalized spacial score (nSPS) is 24.1. The Morgan fingerprint density at radius 3 is 2.38 bits per heavy atom. The van der Waals surface area contributed by atoms with Crippen LogP contribution in [0, 0.1) is 11.3 Å². The summed E-state index contributed by atoms with van der Waals surface area (Å²) < 4.78 is 38.6. The van der Waals surface area contributed by atoms with Crippen molar-refractivity contribution >= 4 is 50.7 Å². The van der Waals surface area contributed by atoms with E-state index in [-0.39, 0.29) is 24.9 Å². The quantitative estimate of drug-likeness (QED) is 0.244. The predicted octanol–water partition coefficient (Wildman–Crippen LogP) is 2.97. The SMILES string of the molecule is C=C[C@@H]1C[C@]1(NC(=O)[C@@H]1C[C@@H](OC(=O)c2ccc3ncccc3c2)CN1C(=O)[C@@H](NC(=O)OC(C)(C)C)C(C)(C)C)C(=O)NS(=O)(=O)C1CC1. The van der Waals surface area contributed by atoms with E-state index in [9.17, 15) is 32.4 Å². The summed E-state index contributed by atoms with van der Waals surface area (Å²) in [5.41, 5.74) is -2.37. The van der Waals surface area contributed by atoms with Gasteiger partial charge in [0, 0.05) is 23.9 Å². The van der Waals surface area contributed by atoms with Crippen molar-refractivity contribution in [3.8, 4) is 0 Å². The summed E-state index contributed by atoms with van der Waals surface area (Å²) in [6.07, 6.45) is 2.18. The summed E-state index contributed by atoms with van der Waals surface area (Å²) in [5, 5.41) is 5.41. The smallest absolute Gasteiger partial charge is 0.408 e. The van der Waals surface area contributed by atoms with Gasteiger partial charge >= 0.3 is 12.1 Å². The third-order valence-corrected chi connectivity index (χ3v) is 10.8. The lowest BCUT2D eigenvalue weighted by Crippen LogP contribution is -2.60. The lowest BCUT2D eigenvalue weighted by atomic mass is 9.85. The maximum atomic E-state index is 14.3. The lowest BCUT2D eigenvalue weighted by Gasteiger charge is -2.36. The molecule has 270 valence electrons. The molecule has 3 N–H and O–H groups in total. The van der Waals surface area contributed by atoms with E-state index in [0.717, 1.165) is 5.39 Å². The van der Waals surface area contributed by atoms with Gasteiger partial charge in [0.15, 0.2) is 0 Å². The number of nitrogens with zero attached hydrogens (tertiary/aromatic N) is 2.